The van der Waals surface area contributed by atoms with Crippen LogP contribution >= 0.6 is 22.9 Å². The maximum atomic E-state index is 15.3. The smallest absolute Gasteiger partial charge is 0.338 e. The van der Waals surface area contributed by atoms with Crippen molar-refractivity contribution in [1.82, 2.24) is 4.57 Å². The molecule has 5 rings (SSSR count). The number of carbonyl (C=O) groups excluding carboxylic acids is 2. The highest BCUT2D eigenvalue weighted by atomic mass is 35.5. The van der Waals surface area contributed by atoms with E-state index in [1.807, 2.05) is 0 Å². The molecule has 3 N–H and O–H groups in total. The van der Waals surface area contributed by atoms with Crippen molar-refractivity contribution in [3.8, 4) is 0 Å². The van der Waals surface area contributed by atoms with E-state index in [4.69, 9.17) is 22.1 Å². The fourth-order valence-corrected chi connectivity index (χ4v) is 5.76. The Morgan fingerprint density at radius 1 is 1.00 bits per heavy atom. The van der Waals surface area contributed by atoms with Gasteiger partial charge in [-0.2, -0.15) is 0 Å². The summed E-state index contributed by atoms with van der Waals surface area (Å²) in [6.45, 7) is 0. The van der Waals surface area contributed by atoms with Gasteiger partial charge in [-0.1, -0.05) is 48.0 Å². The molecule has 0 spiro atoms. The largest absolute Gasteiger partial charge is 0.466 e. The summed E-state index contributed by atoms with van der Waals surface area (Å²) in [5.41, 5.74) is 5.75. The number of methoxy groups -OCH3 is 1. The molecular weight excluding hydrogens is 560 g/mol. The first-order valence-corrected chi connectivity index (χ1v) is 13.0. The molecule has 40 heavy (non-hydrogen) atoms. The van der Waals surface area contributed by atoms with Crippen molar-refractivity contribution in [2.75, 3.05) is 12.4 Å². The predicted molar refractivity (Wildman–Crippen MR) is 150 cm³/mol. The lowest BCUT2D eigenvalue weighted by atomic mass is 9.82. The predicted octanol–water partition coefficient (Wildman–Crippen LogP) is 3.56. The fraction of sp³-hybridized carbons (Fsp3) is 0.0690. The van der Waals surface area contributed by atoms with Gasteiger partial charge in [-0.3, -0.25) is 14.2 Å². The third-order valence-electron chi connectivity index (χ3n) is 6.31. The van der Waals surface area contributed by atoms with Crippen LogP contribution in [0.15, 0.2) is 83.2 Å². The van der Waals surface area contributed by atoms with Crippen molar-refractivity contribution in [2.24, 2.45) is 5.73 Å². The molecule has 1 aliphatic heterocycles. The van der Waals surface area contributed by atoms with Gasteiger partial charge in [0.2, 0.25) is 0 Å². The van der Waals surface area contributed by atoms with Crippen LogP contribution in [-0.4, -0.2) is 23.6 Å². The SMILES string of the molecule is COC(=O)C1=C(N)n2c(s/c(=C/c3ccccc3F)c2=O)=C(C(=O)Nc2ccc(Cl)cc2)C1c1ccccc1F. The molecule has 11 heteroatoms. The fourth-order valence-electron chi connectivity index (χ4n) is 4.46. The van der Waals surface area contributed by atoms with Crippen LogP contribution in [0.5, 0.6) is 0 Å². The third-order valence-corrected chi connectivity index (χ3v) is 7.67. The maximum absolute atomic E-state index is 15.3. The molecule has 1 unspecified atom stereocenters. The number of esters is 1. The number of nitrogens with zero attached hydrogens (tertiary/aromatic N) is 1. The number of hydrogen-bond donors (Lipinski definition) is 2. The van der Waals surface area contributed by atoms with Gasteiger partial charge in [0, 0.05) is 21.8 Å². The molecule has 0 aliphatic carbocycles. The number of halogens is 3. The Morgan fingerprint density at radius 2 is 1.65 bits per heavy atom. The van der Waals surface area contributed by atoms with Crippen LogP contribution in [0.3, 0.4) is 0 Å². The molecule has 0 saturated heterocycles. The molecule has 0 radical (unpaired) electrons. The maximum Gasteiger partial charge on any atom is 0.338 e. The van der Waals surface area contributed by atoms with E-state index >= 15 is 4.39 Å². The van der Waals surface area contributed by atoms with Crippen LogP contribution < -0.4 is 25.8 Å². The van der Waals surface area contributed by atoms with Crippen molar-refractivity contribution in [3.05, 3.63) is 126 Å². The number of carbonyl (C=O) groups is 2. The average molecular weight is 580 g/mol. The van der Waals surface area contributed by atoms with Crippen LogP contribution in [0.25, 0.3) is 17.5 Å². The van der Waals surface area contributed by atoms with Crippen molar-refractivity contribution >= 4 is 58.0 Å². The van der Waals surface area contributed by atoms with Crippen molar-refractivity contribution in [2.45, 2.75) is 5.92 Å². The highest BCUT2D eigenvalue weighted by Crippen LogP contribution is 2.38. The second-order valence-electron chi connectivity index (χ2n) is 8.70. The Morgan fingerprint density at radius 3 is 2.30 bits per heavy atom. The zero-order valence-electron chi connectivity index (χ0n) is 20.8. The topological polar surface area (TPSA) is 103 Å². The minimum Gasteiger partial charge on any atom is -0.466 e. The molecule has 1 amide bonds. The molecule has 1 aliphatic rings. The molecule has 202 valence electrons. The summed E-state index contributed by atoms with van der Waals surface area (Å²) in [6, 6.07) is 17.7. The Bertz CT molecular complexity index is 1880. The van der Waals surface area contributed by atoms with Crippen LogP contribution in [0.4, 0.5) is 14.5 Å². The zero-order chi connectivity index (χ0) is 28.6. The van der Waals surface area contributed by atoms with Crippen molar-refractivity contribution in [3.63, 3.8) is 0 Å². The quantitative estimate of drug-likeness (QED) is 0.352. The van der Waals surface area contributed by atoms with Crippen molar-refractivity contribution < 1.29 is 23.1 Å². The van der Waals surface area contributed by atoms with E-state index in [9.17, 15) is 18.8 Å². The van der Waals surface area contributed by atoms with E-state index in [0.29, 0.717) is 10.7 Å². The van der Waals surface area contributed by atoms with Crippen molar-refractivity contribution in [1.29, 1.82) is 0 Å². The van der Waals surface area contributed by atoms with Gasteiger partial charge in [-0.25, -0.2) is 13.6 Å². The second-order valence-corrected chi connectivity index (χ2v) is 10.2. The number of fused-ring (bicyclic) bond motifs is 1. The van der Waals surface area contributed by atoms with Gasteiger partial charge in [0.15, 0.2) is 0 Å². The summed E-state index contributed by atoms with van der Waals surface area (Å²) < 4.78 is 35.7. The molecule has 2 heterocycles. The minimum absolute atomic E-state index is 0.0289. The van der Waals surface area contributed by atoms with Crippen LogP contribution in [0, 0.1) is 11.6 Å². The van der Waals surface area contributed by atoms with E-state index in [1.165, 1.54) is 42.5 Å². The van der Waals surface area contributed by atoms with Gasteiger partial charge in [0.25, 0.3) is 11.5 Å². The number of amides is 1. The summed E-state index contributed by atoms with van der Waals surface area (Å²) in [5.74, 6) is -4.61. The van der Waals surface area contributed by atoms with E-state index in [2.05, 4.69) is 5.32 Å². The van der Waals surface area contributed by atoms with E-state index in [1.54, 1.807) is 36.4 Å². The number of rotatable bonds is 5. The average Bonchev–Trinajstić information content (AvgIpc) is 3.26. The number of hydrogen-bond acceptors (Lipinski definition) is 6. The summed E-state index contributed by atoms with van der Waals surface area (Å²) in [5, 5.41) is 3.17. The molecule has 7 nitrogen and oxygen atoms in total. The Labute approximate surface area is 235 Å². The zero-order valence-corrected chi connectivity index (χ0v) is 22.4. The molecule has 0 fully saturated rings. The van der Waals surface area contributed by atoms with Gasteiger partial charge >= 0.3 is 5.97 Å². The lowest BCUT2D eigenvalue weighted by Crippen LogP contribution is -2.42. The van der Waals surface area contributed by atoms with Gasteiger partial charge < -0.3 is 15.8 Å². The number of thiazole rings is 1. The number of nitrogens with two attached hydrogens (primary N) is 1. The number of benzene rings is 3. The molecule has 4 aromatic rings. The van der Waals surface area contributed by atoms with E-state index < -0.39 is 35.0 Å². The number of aromatic nitrogens is 1. The molecule has 0 saturated carbocycles. The highest BCUT2D eigenvalue weighted by Gasteiger charge is 2.40. The van der Waals surface area contributed by atoms with Crippen LogP contribution in [-0.2, 0) is 14.3 Å². The molecule has 1 atom stereocenters. The summed E-state index contributed by atoms with van der Waals surface area (Å²) >= 11 is 6.84. The van der Waals surface area contributed by atoms with Gasteiger partial charge in [-0.05, 0) is 42.5 Å². The minimum atomic E-state index is -1.33. The van der Waals surface area contributed by atoms with Gasteiger partial charge in [0.05, 0.1) is 28.7 Å². The molecule has 3 aromatic carbocycles. The number of nitrogens with one attached hydrogen (secondary N) is 1. The lowest BCUT2D eigenvalue weighted by Gasteiger charge is -2.27. The first kappa shape index (κ1) is 27.0. The van der Waals surface area contributed by atoms with E-state index in [0.717, 1.165) is 23.0 Å². The molecule has 1 aromatic heterocycles. The Kier molecular flexibility index (Phi) is 7.38. The second kappa shape index (κ2) is 10.9. The normalized spacial score (nSPS) is 15.2. The first-order valence-electron chi connectivity index (χ1n) is 11.8. The number of anilines is 1. The lowest BCUT2D eigenvalue weighted by molar-refractivity contribution is -0.136. The summed E-state index contributed by atoms with van der Waals surface area (Å²) in [7, 11) is 1.11. The monoisotopic (exact) mass is 579 g/mol. The highest BCUT2D eigenvalue weighted by molar-refractivity contribution is 7.07. The van der Waals surface area contributed by atoms with Gasteiger partial charge in [-0.15, -0.1) is 11.3 Å². The van der Waals surface area contributed by atoms with E-state index in [-0.39, 0.29) is 37.3 Å². The van der Waals surface area contributed by atoms with Crippen LogP contribution in [0.2, 0.25) is 5.02 Å². The Hall–Kier alpha value is -4.54. The third kappa shape index (κ3) is 4.83. The molecular formula is C29H20ClF2N3O4S. The first-order chi connectivity index (χ1) is 19.2. The summed E-state index contributed by atoms with van der Waals surface area (Å²) in [4.78, 5) is 40.6. The number of ether oxygens (including phenoxy) is 1. The summed E-state index contributed by atoms with van der Waals surface area (Å²) in [6.07, 6.45) is 1.32. The Balaban J connectivity index is 1.86. The molecule has 0 bridgehead atoms. The van der Waals surface area contributed by atoms with Gasteiger partial charge in [0.1, 0.15) is 22.1 Å². The standard InChI is InChI=1S/C29H20ClF2N3O4S/c1-39-29(38)23-22(18-7-3-5-9-20(18)32)24(26(36)34-17-12-10-16(30)11-13-17)28-35(25(23)33)27(37)21(40-28)14-15-6-2-4-8-19(15)31/h2-14,22H,33H2,1H3,(H,34,36)/b21-14+. The van der Waals surface area contributed by atoms with Crippen LogP contribution in [0.1, 0.15) is 17.0 Å².